The van der Waals surface area contributed by atoms with E-state index in [1.807, 2.05) is 6.07 Å². The Morgan fingerprint density at radius 3 is 2.57 bits per heavy atom. The molecule has 3 rings (SSSR count). The van der Waals surface area contributed by atoms with Crippen molar-refractivity contribution in [2.45, 2.75) is 19.0 Å². The summed E-state index contributed by atoms with van der Waals surface area (Å²) in [4.78, 5) is 20.5. The molecule has 144 valence electrons. The van der Waals surface area contributed by atoms with Gasteiger partial charge in [0.2, 0.25) is 0 Å². The maximum absolute atomic E-state index is 12.8. The molecule has 28 heavy (non-hydrogen) atoms. The van der Waals surface area contributed by atoms with Crippen LogP contribution in [0.4, 0.5) is 18.9 Å². The second-order valence-corrected chi connectivity index (χ2v) is 6.45. The summed E-state index contributed by atoms with van der Waals surface area (Å²) < 4.78 is 38.4. The molecular weight excluding hydrogens is 391 g/mol. The molecule has 0 spiro atoms. The number of hydrogen-bond donors (Lipinski definition) is 1. The van der Waals surface area contributed by atoms with E-state index in [0.717, 1.165) is 23.4 Å². The van der Waals surface area contributed by atoms with E-state index in [9.17, 15) is 18.0 Å². The lowest BCUT2D eigenvalue weighted by Gasteiger charge is -2.10. The van der Waals surface area contributed by atoms with E-state index in [-0.39, 0.29) is 5.56 Å². The molecule has 1 amide bonds. The predicted octanol–water partition coefficient (Wildman–Crippen LogP) is 5.19. The van der Waals surface area contributed by atoms with Gasteiger partial charge in [0.25, 0.3) is 5.91 Å². The third kappa shape index (κ3) is 5.29. The number of anilines is 1. The van der Waals surface area contributed by atoms with Gasteiger partial charge in [-0.05, 0) is 48.7 Å². The van der Waals surface area contributed by atoms with E-state index < -0.39 is 17.6 Å². The largest absolute Gasteiger partial charge is 0.416 e. The molecule has 0 fully saturated rings. The van der Waals surface area contributed by atoms with Crippen LogP contribution in [0.1, 0.15) is 27.2 Å². The summed E-state index contributed by atoms with van der Waals surface area (Å²) in [5, 5.41) is 2.95. The summed E-state index contributed by atoms with van der Waals surface area (Å²) in [7, 11) is 0. The lowest BCUT2D eigenvalue weighted by molar-refractivity contribution is -0.137. The molecule has 1 aromatic heterocycles. The average Bonchev–Trinajstić information content (AvgIpc) is 2.66. The second kappa shape index (κ2) is 8.39. The Morgan fingerprint density at radius 2 is 1.82 bits per heavy atom. The Labute approximate surface area is 164 Å². The van der Waals surface area contributed by atoms with Gasteiger partial charge < -0.3 is 5.32 Å². The molecule has 0 aliphatic carbocycles. The molecular formula is C20H15ClF3N3O. The molecule has 1 N–H and O–H groups in total. The number of carbonyl (C=O) groups excluding carboxylic acids is 1. The Bertz CT molecular complexity index is 992. The molecule has 0 aliphatic heterocycles. The lowest BCUT2D eigenvalue weighted by atomic mass is 10.1. The number of nitrogens with zero attached hydrogens (tertiary/aromatic N) is 2. The normalized spacial score (nSPS) is 11.3. The van der Waals surface area contributed by atoms with Crippen molar-refractivity contribution in [3.63, 3.8) is 0 Å². The quantitative estimate of drug-likeness (QED) is 0.635. The minimum atomic E-state index is -4.50. The fraction of sp³-hybridized carbons (Fsp3) is 0.150. The van der Waals surface area contributed by atoms with E-state index in [1.165, 1.54) is 18.3 Å². The van der Waals surface area contributed by atoms with Gasteiger partial charge in [-0.25, -0.2) is 4.98 Å². The fourth-order valence-electron chi connectivity index (χ4n) is 2.62. The summed E-state index contributed by atoms with van der Waals surface area (Å²) in [6.45, 7) is 0. The third-order valence-electron chi connectivity index (χ3n) is 3.96. The van der Waals surface area contributed by atoms with E-state index >= 15 is 0 Å². The monoisotopic (exact) mass is 405 g/mol. The van der Waals surface area contributed by atoms with Crippen LogP contribution < -0.4 is 5.32 Å². The van der Waals surface area contributed by atoms with Crippen molar-refractivity contribution in [1.82, 2.24) is 9.97 Å². The van der Waals surface area contributed by atoms with Crippen molar-refractivity contribution >= 4 is 23.2 Å². The Hall–Kier alpha value is -2.93. The topological polar surface area (TPSA) is 54.9 Å². The molecule has 0 aliphatic rings. The van der Waals surface area contributed by atoms with Crippen LogP contribution in [0.2, 0.25) is 5.15 Å². The highest BCUT2D eigenvalue weighted by Crippen LogP contribution is 2.29. The highest BCUT2D eigenvalue weighted by molar-refractivity contribution is 6.29. The first kappa shape index (κ1) is 19.8. The van der Waals surface area contributed by atoms with Gasteiger partial charge in [-0.3, -0.25) is 9.78 Å². The van der Waals surface area contributed by atoms with Crippen LogP contribution in [-0.4, -0.2) is 15.9 Å². The molecule has 8 heteroatoms. The molecule has 0 saturated heterocycles. The van der Waals surface area contributed by atoms with Gasteiger partial charge in [0.15, 0.2) is 0 Å². The van der Waals surface area contributed by atoms with Crippen LogP contribution >= 0.6 is 11.6 Å². The van der Waals surface area contributed by atoms with Gasteiger partial charge in [-0.1, -0.05) is 29.8 Å². The highest BCUT2D eigenvalue weighted by atomic mass is 35.5. The maximum atomic E-state index is 12.8. The summed E-state index contributed by atoms with van der Waals surface area (Å²) in [5.74, 6) is -0.607. The summed E-state index contributed by atoms with van der Waals surface area (Å²) in [6.07, 6.45) is -0.166. The first-order valence-electron chi connectivity index (χ1n) is 8.35. The van der Waals surface area contributed by atoms with Crippen molar-refractivity contribution in [2.24, 2.45) is 0 Å². The van der Waals surface area contributed by atoms with Crippen molar-refractivity contribution in [2.75, 3.05) is 5.32 Å². The van der Waals surface area contributed by atoms with Crippen molar-refractivity contribution in [3.8, 4) is 0 Å². The zero-order valence-electron chi connectivity index (χ0n) is 14.5. The Morgan fingerprint density at radius 1 is 1.04 bits per heavy atom. The number of carbonyl (C=O) groups is 1. The number of amides is 1. The average molecular weight is 406 g/mol. The van der Waals surface area contributed by atoms with Gasteiger partial charge in [-0.15, -0.1) is 0 Å². The van der Waals surface area contributed by atoms with Crippen LogP contribution in [0.3, 0.4) is 0 Å². The first-order valence-corrected chi connectivity index (χ1v) is 8.73. The van der Waals surface area contributed by atoms with Crippen LogP contribution in [-0.2, 0) is 19.0 Å². The molecule has 0 radical (unpaired) electrons. The SMILES string of the molecule is O=C(Nc1cccc(CCc2cncc(Cl)n2)c1)c1cccc(C(F)(F)F)c1. The molecule has 0 atom stereocenters. The summed E-state index contributed by atoms with van der Waals surface area (Å²) in [6, 6.07) is 11.4. The molecule has 0 saturated carbocycles. The van der Waals surface area contributed by atoms with Crippen LogP contribution in [0.15, 0.2) is 60.9 Å². The van der Waals surface area contributed by atoms with Crippen LogP contribution in [0, 0.1) is 0 Å². The predicted molar refractivity (Wildman–Crippen MR) is 100 cm³/mol. The van der Waals surface area contributed by atoms with Crippen LogP contribution in [0.25, 0.3) is 0 Å². The number of halogens is 4. The number of aryl methyl sites for hydroxylation is 2. The number of hydrogen-bond acceptors (Lipinski definition) is 3. The Kier molecular flexibility index (Phi) is 5.94. The molecule has 2 aromatic carbocycles. The third-order valence-corrected chi connectivity index (χ3v) is 4.14. The first-order chi connectivity index (χ1) is 13.3. The van der Waals surface area contributed by atoms with Crippen LogP contribution in [0.5, 0.6) is 0 Å². The van der Waals surface area contributed by atoms with Gasteiger partial charge in [0, 0.05) is 17.4 Å². The Balaban J connectivity index is 1.68. The van der Waals surface area contributed by atoms with Gasteiger partial charge in [0.05, 0.1) is 17.5 Å². The molecule has 3 aromatic rings. The molecule has 0 bridgehead atoms. The number of benzene rings is 2. The van der Waals surface area contributed by atoms with Crippen molar-refractivity contribution in [3.05, 3.63) is 88.5 Å². The zero-order chi connectivity index (χ0) is 20.1. The zero-order valence-corrected chi connectivity index (χ0v) is 15.3. The highest BCUT2D eigenvalue weighted by Gasteiger charge is 2.30. The van der Waals surface area contributed by atoms with Gasteiger partial charge in [-0.2, -0.15) is 13.2 Å². The molecule has 4 nitrogen and oxygen atoms in total. The standard InChI is InChI=1S/C20H15ClF3N3O/c21-18-12-25-11-17(26-18)8-7-13-3-1-6-16(9-13)27-19(28)14-4-2-5-15(10-14)20(22,23)24/h1-6,9-12H,7-8H2,(H,27,28). The minimum absolute atomic E-state index is 0.0607. The minimum Gasteiger partial charge on any atom is -0.322 e. The molecule has 0 unspecified atom stereocenters. The number of aromatic nitrogens is 2. The van der Waals surface area contributed by atoms with E-state index in [0.29, 0.717) is 23.7 Å². The van der Waals surface area contributed by atoms with Crippen molar-refractivity contribution < 1.29 is 18.0 Å². The second-order valence-electron chi connectivity index (χ2n) is 6.07. The summed E-state index contributed by atoms with van der Waals surface area (Å²) in [5.41, 5.74) is 1.25. The van der Waals surface area contributed by atoms with E-state index in [2.05, 4.69) is 15.3 Å². The van der Waals surface area contributed by atoms with E-state index in [1.54, 1.807) is 24.4 Å². The summed E-state index contributed by atoms with van der Waals surface area (Å²) >= 11 is 5.82. The van der Waals surface area contributed by atoms with Gasteiger partial charge in [0.1, 0.15) is 5.15 Å². The number of nitrogens with one attached hydrogen (secondary N) is 1. The van der Waals surface area contributed by atoms with E-state index in [4.69, 9.17) is 11.6 Å². The van der Waals surface area contributed by atoms with Crippen molar-refractivity contribution in [1.29, 1.82) is 0 Å². The number of alkyl halides is 3. The number of rotatable bonds is 5. The fourth-order valence-corrected chi connectivity index (χ4v) is 2.78. The smallest absolute Gasteiger partial charge is 0.322 e. The molecule has 1 heterocycles. The lowest BCUT2D eigenvalue weighted by Crippen LogP contribution is -2.14. The van der Waals surface area contributed by atoms with Gasteiger partial charge >= 0.3 is 6.18 Å². The maximum Gasteiger partial charge on any atom is 0.416 e.